The molecule has 0 spiro atoms. The van der Waals surface area contributed by atoms with Crippen LogP contribution >= 0.6 is 0 Å². The van der Waals surface area contributed by atoms with Crippen molar-refractivity contribution in [1.82, 2.24) is 19.8 Å². The maximum Gasteiger partial charge on any atom is 1.00 e. The van der Waals surface area contributed by atoms with Gasteiger partial charge >= 0.3 is 71.1 Å². The zero-order valence-corrected chi connectivity index (χ0v) is 58.0. The number of carboxylic acid groups (broad SMARTS) is 4. The van der Waals surface area contributed by atoms with Gasteiger partial charge in [-0.25, -0.2) is 9.97 Å². The molecule has 22 nitrogen and oxygen atoms in total. The van der Waals surface area contributed by atoms with Crippen LogP contribution in [0.3, 0.4) is 0 Å². The van der Waals surface area contributed by atoms with Crippen molar-refractivity contribution in [2.24, 2.45) is 11.8 Å². The summed E-state index contributed by atoms with van der Waals surface area (Å²) < 4.78 is 34.0. The number of rotatable bonds is 26. The standard InChI is InChI=1S/2C37H34N2O9.2Na/c2*1-22(27(26-15-16-31-32(18-26)47-21-46-31)9-6-12-33-38-29-10-4-5-11-30(29)48-33)39(36(43)35(42)28(37(44)45)19-34(40)41)20-23-13-14-24-7-2-3-8-25(24)17-23;;/h2*2-8,10-18,22,27-28,35,42H,9,19-21H2,1H3,(H,40,41)(H,44,45);;/q;;2*+1/p-2/b2*12-6+;;/t2*22-,27+,28?,35?;;/m11../s1. The molecule has 0 saturated carbocycles. The Kier molecular flexibility index (Phi) is 24.7. The Morgan fingerprint density at radius 3 is 1.22 bits per heavy atom. The van der Waals surface area contributed by atoms with E-state index in [1.54, 1.807) is 24.3 Å². The number of nitrogens with zero attached hydrogens (tertiary/aromatic N) is 4. The van der Waals surface area contributed by atoms with Crippen molar-refractivity contribution in [3.8, 4) is 23.0 Å². The van der Waals surface area contributed by atoms with Crippen LogP contribution in [0.4, 0.5) is 0 Å². The molecule has 10 aromatic rings. The molecule has 4 unspecified atom stereocenters. The van der Waals surface area contributed by atoms with Gasteiger partial charge in [-0.3, -0.25) is 19.2 Å². The van der Waals surface area contributed by atoms with Crippen LogP contribution in [0.2, 0.25) is 0 Å². The fraction of sp³-hybridized carbons (Fsp3) is 0.243. The minimum atomic E-state index is -2.14. The summed E-state index contributed by atoms with van der Waals surface area (Å²) in [6.07, 6.45) is 1.65. The van der Waals surface area contributed by atoms with E-state index < -0.39 is 96.5 Å². The summed E-state index contributed by atoms with van der Waals surface area (Å²) in [5, 5.41) is 68.3. The van der Waals surface area contributed by atoms with E-state index in [1.807, 2.05) is 184 Å². The molecule has 0 saturated heterocycles. The van der Waals surface area contributed by atoms with Gasteiger partial charge in [0.05, 0.1) is 11.8 Å². The number of allylic oxidation sites excluding steroid dienone is 2. The minimum absolute atomic E-state index is 0. The second kappa shape index (κ2) is 33.3. The average Bonchev–Trinajstić information content (AvgIpc) is 1.63. The summed E-state index contributed by atoms with van der Waals surface area (Å²) in [5.41, 5.74) is 5.77. The van der Waals surface area contributed by atoms with Gasteiger partial charge in [0.25, 0.3) is 11.8 Å². The molecule has 492 valence electrons. The van der Waals surface area contributed by atoms with E-state index in [2.05, 4.69) is 9.97 Å². The van der Waals surface area contributed by atoms with Gasteiger partial charge in [0.2, 0.25) is 25.4 Å². The SMILES string of the molecule is C[C@H]([C@H](C/C=C/c1nc2ccccc2o1)c1ccc2c(c1)OCO2)N(Cc1ccc2ccccc2c1)C(=O)C(O)C(CC(=O)[O-])C(=O)O.C[C@H]([C@H](C/C=C/c1nc2ccccc2o1)c1ccc2c(c1)OCO2)N(Cc1ccc2ccccc2c1)C(=O)C(O)C(CC(=O)[O-])C(=O)O.[Na+].[Na+]. The summed E-state index contributed by atoms with van der Waals surface area (Å²) in [5.74, 6) is -10.0. The molecular formula is C74H66N4Na2O18. The Labute approximate surface area is 606 Å². The van der Waals surface area contributed by atoms with Gasteiger partial charge in [0, 0.05) is 61.8 Å². The Morgan fingerprint density at radius 1 is 0.480 bits per heavy atom. The first kappa shape index (κ1) is 72.9. The van der Waals surface area contributed by atoms with Crippen molar-refractivity contribution >= 4 is 91.6 Å². The van der Waals surface area contributed by atoms with Gasteiger partial charge in [-0.2, -0.15) is 0 Å². The maximum absolute atomic E-state index is 14.1. The minimum Gasteiger partial charge on any atom is -0.550 e. The van der Waals surface area contributed by atoms with Crippen molar-refractivity contribution in [1.29, 1.82) is 0 Å². The van der Waals surface area contributed by atoms with E-state index in [0.29, 0.717) is 69.8 Å². The smallest absolute Gasteiger partial charge is 0.550 e. The first-order valence-electron chi connectivity index (χ1n) is 31.0. The van der Waals surface area contributed by atoms with Crippen LogP contribution in [0.5, 0.6) is 23.0 Å². The number of oxazole rings is 2. The number of aliphatic hydroxyl groups excluding tert-OH is 2. The number of fused-ring (bicyclic) bond motifs is 6. The third kappa shape index (κ3) is 17.5. The van der Waals surface area contributed by atoms with E-state index in [1.165, 1.54) is 9.80 Å². The zero-order valence-electron chi connectivity index (χ0n) is 54.0. The fourth-order valence-corrected chi connectivity index (χ4v) is 12.1. The number of para-hydroxylation sites is 4. The molecule has 8 aromatic carbocycles. The molecule has 4 N–H and O–H groups in total. The topological polar surface area (TPSA) is 325 Å². The summed E-state index contributed by atoms with van der Waals surface area (Å²) in [6, 6.07) is 51.3. The molecular weight excluding hydrogens is 1280 g/mol. The molecule has 2 aromatic heterocycles. The molecule has 0 aliphatic carbocycles. The second-order valence-electron chi connectivity index (χ2n) is 23.5. The first-order chi connectivity index (χ1) is 46.3. The van der Waals surface area contributed by atoms with E-state index in [9.17, 15) is 59.4 Å². The van der Waals surface area contributed by atoms with Crippen LogP contribution in [0.15, 0.2) is 191 Å². The molecule has 4 heterocycles. The van der Waals surface area contributed by atoms with Gasteiger partial charge < -0.3 is 77.8 Å². The third-order valence-corrected chi connectivity index (χ3v) is 17.3. The van der Waals surface area contributed by atoms with E-state index in [4.69, 9.17) is 27.8 Å². The number of carbonyl (C=O) groups excluding carboxylic acids is 4. The predicted molar refractivity (Wildman–Crippen MR) is 347 cm³/mol. The third-order valence-electron chi connectivity index (χ3n) is 17.3. The summed E-state index contributed by atoms with van der Waals surface area (Å²) in [4.78, 5) is 86.8. The summed E-state index contributed by atoms with van der Waals surface area (Å²) in [6.45, 7) is 3.78. The van der Waals surface area contributed by atoms with E-state index in [-0.39, 0.29) is 85.8 Å². The van der Waals surface area contributed by atoms with Crippen LogP contribution in [0.1, 0.15) is 85.4 Å². The molecule has 2 aliphatic heterocycles. The van der Waals surface area contributed by atoms with Crippen LogP contribution in [-0.4, -0.2) is 114 Å². The Balaban J connectivity index is 0.000000225. The Morgan fingerprint density at radius 2 is 0.847 bits per heavy atom. The van der Waals surface area contributed by atoms with Gasteiger partial charge in [-0.1, -0.05) is 121 Å². The first-order valence-corrected chi connectivity index (χ1v) is 31.0. The molecule has 24 heteroatoms. The Hall–Kier alpha value is -9.36. The van der Waals surface area contributed by atoms with Crippen LogP contribution in [0, 0.1) is 11.8 Å². The molecule has 0 radical (unpaired) electrons. The van der Waals surface area contributed by atoms with Crippen LogP contribution < -0.4 is 88.3 Å². The quantitative estimate of drug-likeness (QED) is 0.0566. The number of aliphatic hydroxyl groups is 2. The normalized spacial score (nSPS) is 14.7. The number of amides is 2. The van der Waals surface area contributed by atoms with Crippen LogP contribution in [-0.2, 0) is 41.9 Å². The number of hydrogen-bond donors (Lipinski definition) is 4. The number of carbonyl (C=O) groups is 6. The molecule has 8 atom stereocenters. The number of benzene rings is 8. The summed E-state index contributed by atoms with van der Waals surface area (Å²) >= 11 is 0. The zero-order chi connectivity index (χ0) is 67.6. The molecule has 0 bridgehead atoms. The monoisotopic (exact) mass is 1340 g/mol. The molecule has 98 heavy (non-hydrogen) atoms. The fourth-order valence-electron chi connectivity index (χ4n) is 12.1. The van der Waals surface area contributed by atoms with Gasteiger partial charge in [-0.15, -0.1) is 0 Å². The second-order valence-corrected chi connectivity index (χ2v) is 23.5. The molecule has 2 aliphatic rings. The molecule has 0 fully saturated rings. The van der Waals surface area contributed by atoms with Gasteiger partial charge in [0.1, 0.15) is 23.2 Å². The number of hydrogen-bond acceptors (Lipinski definition) is 18. The predicted octanol–water partition coefficient (Wildman–Crippen LogP) is 3.04. The number of carboxylic acids is 4. The molecule has 2 amide bonds. The van der Waals surface area contributed by atoms with Crippen LogP contribution in [0.25, 0.3) is 55.9 Å². The largest absolute Gasteiger partial charge is 1.00 e. The molecule has 12 rings (SSSR count). The number of ether oxygens (including phenoxy) is 4. The number of aliphatic carboxylic acids is 4. The van der Waals surface area contributed by atoms with E-state index in [0.717, 1.165) is 43.8 Å². The average molecular weight is 1350 g/mol. The van der Waals surface area contributed by atoms with Gasteiger partial charge in [-0.05, 0) is 143 Å². The van der Waals surface area contributed by atoms with Crippen molar-refractivity contribution in [2.45, 2.75) is 88.7 Å². The summed E-state index contributed by atoms with van der Waals surface area (Å²) in [7, 11) is 0. The maximum atomic E-state index is 14.1. The number of aromatic nitrogens is 2. The Bertz CT molecular complexity index is 4240. The van der Waals surface area contributed by atoms with Crippen molar-refractivity contribution in [2.75, 3.05) is 13.6 Å². The van der Waals surface area contributed by atoms with Gasteiger partial charge in [0.15, 0.2) is 34.2 Å². The van der Waals surface area contributed by atoms with Crippen molar-refractivity contribution in [3.05, 3.63) is 216 Å². The van der Waals surface area contributed by atoms with Crippen molar-refractivity contribution < 1.29 is 146 Å². The van der Waals surface area contributed by atoms with Crippen molar-refractivity contribution in [3.63, 3.8) is 0 Å². The van der Waals surface area contributed by atoms with E-state index >= 15 is 0 Å².